The number of aromatic nitrogens is 1. The second-order valence-electron chi connectivity index (χ2n) is 4.40. The highest BCUT2D eigenvalue weighted by Gasteiger charge is 2.37. The van der Waals surface area contributed by atoms with Crippen molar-refractivity contribution in [1.82, 2.24) is 9.88 Å². The number of nitrogens with one attached hydrogen (secondary N) is 1. The SMILES string of the molecule is O=C(Nc1nccs1)[C@@H]1CCCN1/C=C/C(=O)C(F)(F)F. The van der Waals surface area contributed by atoms with Gasteiger partial charge >= 0.3 is 6.18 Å². The highest BCUT2D eigenvalue weighted by atomic mass is 32.1. The minimum atomic E-state index is -4.89. The zero-order valence-corrected chi connectivity index (χ0v) is 11.6. The van der Waals surface area contributed by atoms with Crippen LogP contribution in [0.3, 0.4) is 0 Å². The van der Waals surface area contributed by atoms with Crippen LogP contribution in [0.15, 0.2) is 23.9 Å². The lowest BCUT2D eigenvalue weighted by molar-refractivity contribution is -0.165. The van der Waals surface area contributed by atoms with E-state index in [1.165, 1.54) is 22.4 Å². The summed E-state index contributed by atoms with van der Waals surface area (Å²) in [5.41, 5.74) is 0. The molecule has 0 saturated carbocycles. The van der Waals surface area contributed by atoms with E-state index in [0.717, 1.165) is 6.20 Å². The molecule has 2 rings (SSSR count). The van der Waals surface area contributed by atoms with E-state index in [2.05, 4.69) is 10.3 Å². The van der Waals surface area contributed by atoms with Crippen LogP contribution in [-0.2, 0) is 9.59 Å². The Balaban J connectivity index is 1.98. The van der Waals surface area contributed by atoms with Crippen LogP contribution in [0.2, 0.25) is 0 Å². The molecule has 1 aromatic rings. The van der Waals surface area contributed by atoms with Crippen molar-refractivity contribution in [3.05, 3.63) is 23.9 Å². The van der Waals surface area contributed by atoms with E-state index < -0.39 is 18.0 Å². The van der Waals surface area contributed by atoms with Crippen LogP contribution >= 0.6 is 11.3 Å². The van der Waals surface area contributed by atoms with Crippen LogP contribution in [-0.4, -0.2) is 40.3 Å². The molecule has 0 unspecified atom stereocenters. The number of amides is 1. The predicted octanol–water partition coefficient (Wildman–Crippen LogP) is 2.19. The van der Waals surface area contributed by atoms with Gasteiger partial charge in [0.2, 0.25) is 5.91 Å². The summed E-state index contributed by atoms with van der Waals surface area (Å²) >= 11 is 1.25. The molecule has 21 heavy (non-hydrogen) atoms. The molecular formula is C12H12F3N3O2S. The number of halogens is 3. The van der Waals surface area contributed by atoms with Gasteiger partial charge in [-0.2, -0.15) is 13.2 Å². The van der Waals surface area contributed by atoms with Gasteiger partial charge in [-0.1, -0.05) is 0 Å². The third kappa shape index (κ3) is 4.03. The van der Waals surface area contributed by atoms with Gasteiger partial charge in [0.15, 0.2) is 5.13 Å². The van der Waals surface area contributed by atoms with E-state index in [0.29, 0.717) is 30.6 Å². The summed E-state index contributed by atoms with van der Waals surface area (Å²) in [5, 5.41) is 4.73. The summed E-state index contributed by atoms with van der Waals surface area (Å²) < 4.78 is 36.4. The van der Waals surface area contributed by atoms with Gasteiger partial charge in [-0.15, -0.1) is 11.3 Å². The number of anilines is 1. The molecule has 1 atom stereocenters. The molecular weight excluding hydrogens is 307 g/mol. The average molecular weight is 319 g/mol. The molecule has 0 radical (unpaired) electrons. The summed E-state index contributed by atoms with van der Waals surface area (Å²) in [7, 11) is 0. The van der Waals surface area contributed by atoms with Gasteiger partial charge in [0, 0.05) is 30.4 Å². The van der Waals surface area contributed by atoms with Crippen molar-refractivity contribution in [3.8, 4) is 0 Å². The first-order valence-electron chi connectivity index (χ1n) is 6.13. The largest absolute Gasteiger partial charge is 0.454 e. The molecule has 5 nitrogen and oxygen atoms in total. The van der Waals surface area contributed by atoms with Crippen molar-refractivity contribution in [2.45, 2.75) is 25.1 Å². The van der Waals surface area contributed by atoms with Crippen molar-refractivity contribution in [2.75, 3.05) is 11.9 Å². The lowest BCUT2D eigenvalue weighted by atomic mass is 10.2. The quantitative estimate of drug-likeness (QED) is 0.864. The number of hydrogen-bond acceptors (Lipinski definition) is 5. The smallest absolute Gasteiger partial charge is 0.365 e. The van der Waals surface area contributed by atoms with Gasteiger partial charge in [0.25, 0.3) is 5.78 Å². The Labute approximate surface area is 122 Å². The number of carbonyl (C=O) groups is 2. The first kappa shape index (κ1) is 15.5. The summed E-state index contributed by atoms with van der Waals surface area (Å²) in [5.74, 6) is -2.28. The Bertz CT molecular complexity index is 542. The first-order chi connectivity index (χ1) is 9.88. The number of allylic oxidation sites excluding steroid dienone is 1. The summed E-state index contributed by atoms with van der Waals surface area (Å²) in [6, 6.07) is -0.591. The fourth-order valence-corrected chi connectivity index (χ4v) is 2.51. The van der Waals surface area contributed by atoms with Crippen LogP contribution in [0.25, 0.3) is 0 Å². The van der Waals surface area contributed by atoms with Gasteiger partial charge in [-0.25, -0.2) is 4.98 Å². The second-order valence-corrected chi connectivity index (χ2v) is 5.29. The third-order valence-electron chi connectivity index (χ3n) is 2.96. The van der Waals surface area contributed by atoms with E-state index in [1.54, 1.807) is 5.38 Å². The molecule has 2 heterocycles. The molecule has 0 spiro atoms. The molecule has 114 valence electrons. The number of nitrogens with zero attached hydrogens (tertiary/aromatic N) is 2. The maximum absolute atomic E-state index is 12.1. The number of hydrogen-bond donors (Lipinski definition) is 1. The summed E-state index contributed by atoms with van der Waals surface area (Å²) in [6.45, 7) is 0.428. The number of rotatable bonds is 4. The molecule has 1 fully saturated rings. The lowest BCUT2D eigenvalue weighted by Gasteiger charge is -2.21. The average Bonchev–Trinajstić information content (AvgIpc) is 3.04. The van der Waals surface area contributed by atoms with Crippen LogP contribution < -0.4 is 5.32 Å². The monoisotopic (exact) mass is 319 g/mol. The summed E-state index contributed by atoms with van der Waals surface area (Å²) in [4.78, 5) is 28.2. The van der Waals surface area contributed by atoms with Crippen LogP contribution in [0, 0.1) is 0 Å². The van der Waals surface area contributed by atoms with Crippen molar-refractivity contribution < 1.29 is 22.8 Å². The van der Waals surface area contributed by atoms with E-state index in [9.17, 15) is 22.8 Å². The lowest BCUT2D eigenvalue weighted by Crippen LogP contribution is -2.36. The van der Waals surface area contributed by atoms with E-state index >= 15 is 0 Å². The molecule has 1 saturated heterocycles. The molecule has 0 bridgehead atoms. The van der Waals surface area contributed by atoms with Crippen LogP contribution in [0.5, 0.6) is 0 Å². The normalized spacial score (nSPS) is 19.2. The molecule has 0 aliphatic carbocycles. The Morgan fingerprint density at radius 3 is 2.86 bits per heavy atom. The fraction of sp³-hybridized carbons (Fsp3) is 0.417. The molecule has 1 aromatic heterocycles. The van der Waals surface area contributed by atoms with E-state index in [-0.39, 0.29) is 5.91 Å². The number of alkyl halides is 3. The highest BCUT2D eigenvalue weighted by molar-refractivity contribution is 7.13. The topological polar surface area (TPSA) is 62.3 Å². The molecule has 1 aliphatic rings. The molecule has 9 heteroatoms. The number of likely N-dealkylation sites (tertiary alicyclic amines) is 1. The number of thiazole rings is 1. The predicted molar refractivity (Wildman–Crippen MR) is 70.7 cm³/mol. The Morgan fingerprint density at radius 1 is 1.48 bits per heavy atom. The van der Waals surface area contributed by atoms with Crippen molar-refractivity contribution in [3.63, 3.8) is 0 Å². The van der Waals surface area contributed by atoms with Gasteiger partial charge in [-0.3, -0.25) is 9.59 Å². The molecule has 1 amide bonds. The van der Waals surface area contributed by atoms with Gasteiger partial charge < -0.3 is 10.2 Å². The third-order valence-corrected chi connectivity index (χ3v) is 3.64. The van der Waals surface area contributed by atoms with Crippen molar-refractivity contribution >= 4 is 28.2 Å². The van der Waals surface area contributed by atoms with Gasteiger partial charge in [-0.05, 0) is 12.8 Å². The molecule has 1 N–H and O–H groups in total. The zero-order valence-electron chi connectivity index (χ0n) is 10.8. The van der Waals surface area contributed by atoms with Crippen molar-refractivity contribution in [2.24, 2.45) is 0 Å². The Morgan fingerprint density at radius 2 is 2.24 bits per heavy atom. The van der Waals surface area contributed by atoms with E-state index in [1.807, 2.05) is 0 Å². The fourth-order valence-electron chi connectivity index (χ4n) is 1.98. The van der Waals surface area contributed by atoms with Gasteiger partial charge in [0.05, 0.1) is 0 Å². The zero-order chi connectivity index (χ0) is 15.5. The maximum Gasteiger partial charge on any atom is 0.454 e. The van der Waals surface area contributed by atoms with E-state index in [4.69, 9.17) is 0 Å². The molecule has 1 aliphatic heterocycles. The molecule has 0 aromatic carbocycles. The minimum absolute atomic E-state index is 0.341. The highest BCUT2D eigenvalue weighted by Crippen LogP contribution is 2.21. The van der Waals surface area contributed by atoms with Crippen LogP contribution in [0.4, 0.5) is 18.3 Å². The van der Waals surface area contributed by atoms with Crippen LogP contribution in [0.1, 0.15) is 12.8 Å². The number of carbonyl (C=O) groups excluding carboxylic acids is 2. The summed E-state index contributed by atoms with van der Waals surface area (Å²) in [6.07, 6.45) is -0.685. The first-order valence-corrected chi connectivity index (χ1v) is 7.01. The van der Waals surface area contributed by atoms with Gasteiger partial charge in [0.1, 0.15) is 6.04 Å². The second kappa shape index (κ2) is 6.25. The minimum Gasteiger partial charge on any atom is -0.365 e. The standard InChI is InChI=1S/C12H12F3N3O2S/c13-12(14,15)9(19)3-6-18-5-1-2-8(18)10(20)17-11-16-4-7-21-11/h3-4,6-8H,1-2,5H2,(H,16,17,20)/b6-3+/t8-/m0/s1. The number of ketones is 1. The maximum atomic E-state index is 12.1. The van der Waals surface area contributed by atoms with Crippen molar-refractivity contribution in [1.29, 1.82) is 0 Å². The Kier molecular flexibility index (Phi) is 4.61. The Hall–Kier alpha value is -1.90.